The first kappa shape index (κ1) is 10.5. The molecule has 0 aliphatic rings. The van der Waals surface area contributed by atoms with Gasteiger partial charge in [-0.05, 0) is 31.2 Å². The summed E-state index contributed by atoms with van der Waals surface area (Å²) in [4.78, 5) is 4.14. The Balaban J connectivity index is 1.94. The fourth-order valence-electron chi connectivity index (χ4n) is 1.29. The van der Waals surface area contributed by atoms with E-state index >= 15 is 0 Å². The van der Waals surface area contributed by atoms with E-state index in [1.165, 1.54) is 0 Å². The Hall–Kier alpha value is -1.97. The first-order chi connectivity index (χ1) is 7.78. The van der Waals surface area contributed by atoms with E-state index < -0.39 is 0 Å². The summed E-state index contributed by atoms with van der Waals surface area (Å²) in [7, 11) is 1.63. The van der Waals surface area contributed by atoms with E-state index in [2.05, 4.69) is 4.98 Å². The molecule has 0 atom stereocenters. The number of benzene rings is 1. The second kappa shape index (κ2) is 4.70. The third kappa shape index (κ3) is 2.53. The summed E-state index contributed by atoms with van der Waals surface area (Å²) < 4.78 is 15.7. The molecule has 4 heteroatoms. The van der Waals surface area contributed by atoms with Crippen LogP contribution in [0.4, 0.5) is 0 Å². The van der Waals surface area contributed by atoms with Crippen molar-refractivity contribution in [2.24, 2.45) is 0 Å². The lowest BCUT2D eigenvalue weighted by molar-refractivity contribution is 0.262. The largest absolute Gasteiger partial charge is 0.497 e. The molecular weight excluding hydrogens is 206 g/mol. The highest BCUT2D eigenvalue weighted by molar-refractivity contribution is 5.31. The maximum atomic E-state index is 5.49. The van der Waals surface area contributed by atoms with Gasteiger partial charge in [-0.3, -0.25) is 0 Å². The van der Waals surface area contributed by atoms with Crippen molar-refractivity contribution in [2.75, 3.05) is 7.11 Å². The lowest BCUT2D eigenvalue weighted by Gasteiger charge is -2.04. The predicted octanol–water partition coefficient (Wildman–Crippen LogP) is 2.57. The van der Waals surface area contributed by atoms with Gasteiger partial charge in [-0.15, -0.1) is 0 Å². The van der Waals surface area contributed by atoms with Crippen LogP contribution in [0.25, 0.3) is 0 Å². The number of rotatable bonds is 4. The number of oxazole rings is 1. The SMILES string of the molecule is COc1ccc(OCc2nc(C)co2)cc1. The Kier molecular flexibility index (Phi) is 3.10. The molecule has 0 N–H and O–H groups in total. The van der Waals surface area contributed by atoms with Crippen LogP contribution >= 0.6 is 0 Å². The Morgan fingerprint density at radius 2 is 1.88 bits per heavy atom. The summed E-state index contributed by atoms with van der Waals surface area (Å²) in [5.74, 6) is 2.14. The molecule has 84 valence electrons. The van der Waals surface area contributed by atoms with Gasteiger partial charge in [0.05, 0.1) is 12.8 Å². The van der Waals surface area contributed by atoms with E-state index in [1.54, 1.807) is 13.4 Å². The van der Waals surface area contributed by atoms with Gasteiger partial charge < -0.3 is 13.9 Å². The van der Waals surface area contributed by atoms with E-state index in [1.807, 2.05) is 31.2 Å². The second-order valence-corrected chi connectivity index (χ2v) is 3.35. The standard InChI is InChI=1S/C12H13NO3/c1-9-7-16-12(13-9)8-15-11-5-3-10(14-2)4-6-11/h3-7H,8H2,1-2H3. The van der Waals surface area contributed by atoms with Crippen LogP contribution in [0.5, 0.6) is 11.5 Å². The Labute approximate surface area is 93.8 Å². The molecule has 0 saturated heterocycles. The molecule has 0 bridgehead atoms. The molecule has 1 aromatic carbocycles. The predicted molar refractivity (Wildman–Crippen MR) is 58.6 cm³/mol. The molecule has 0 radical (unpaired) electrons. The molecule has 2 rings (SSSR count). The number of methoxy groups -OCH3 is 1. The lowest BCUT2D eigenvalue weighted by Crippen LogP contribution is -1.95. The van der Waals surface area contributed by atoms with E-state index in [0.717, 1.165) is 17.2 Å². The summed E-state index contributed by atoms with van der Waals surface area (Å²) in [6.45, 7) is 2.21. The number of aryl methyl sites for hydroxylation is 1. The molecule has 0 amide bonds. The summed E-state index contributed by atoms with van der Waals surface area (Å²) >= 11 is 0. The molecule has 4 nitrogen and oxygen atoms in total. The first-order valence-electron chi connectivity index (χ1n) is 4.96. The number of hydrogen-bond acceptors (Lipinski definition) is 4. The van der Waals surface area contributed by atoms with Gasteiger partial charge >= 0.3 is 0 Å². The van der Waals surface area contributed by atoms with Crippen molar-refractivity contribution < 1.29 is 13.9 Å². The van der Waals surface area contributed by atoms with Gasteiger partial charge in [-0.25, -0.2) is 4.98 Å². The van der Waals surface area contributed by atoms with Crippen molar-refractivity contribution in [2.45, 2.75) is 13.5 Å². The molecular formula is C12H13NO3. The Bertz CT molecular complexity index is 448. The van der Waals surface area contributed by atoms with Crippen molar-refractivity contribution in [3.05, 3.63) is 42.1 Å². The van der Waals surface area contributed by atoms with Crippen molar-refractivity contribution in [1.29, 1.82) is 0 Å². The van der Waals surface area contributed by atoms with Gasteiger partial charge in [0, 0.05) is 0 Å². The normalized spacial score (nSPS) is 10.1. The summed E-state index contributed by atoms with van der Waals surface area (Å²) in [6.07, 6.45) is 1.60. The topological polar surface area (TPSA) is 44.5 Å². The van der Waals surface area contributed by atoms with Gasteiger partial charge in [0.25, 0.3) is 0 Å². The Morgan fingerprint density at radius 1 is 1.19 bits per heavy atom. The van der Waals surface area contributed by atoms with Crippen molar-refractivity contribution in [1.82, 2.24) is 4.98 Å². The third-order valence-electron chi connectivity index (χ3n) is 2.09. The third-order valence-corrected chi connectivity index (χ3v) is 2.09. The van der Waals surface area contributed by atoms with Crippen molar-refractivity contribution >= 4 is 0 Å². The average Bonchev–Trinajstić information content (AvgIpc) is 2.73. The van der Waals surface area contributed by atoms with Gasteiger partial charge in [0.1, 0.15) is 17.8 Å². The summed E-state index contributed by atoms with van der Waals surface area (Å²) in [6, 6.07) is 7.37. The van der Waals surface area contributed by atoms with Crippen LogP contribution < -0.4 is 9.47 Å². The summed E-state index contributed by atoms with van der Waals surface area (Å²) in [5, 5.41) is 0. The van der Waals surface area contributed by atoms with E-state index in [9.17, 15) is 0 Å². The van der Waals surface area contributed by atoms with Gasteiger partial charge in [-0.1, -0.05) is 0 Å². The van der Waals surface area contributed by atoms with Gasteiger partial charge in [0.15, 0.2) is 6.61 Å². The molecule has 0 aliphatic carbocycles. The molecule has 1 aromatic heterocycles. The minimum Gasteiger partial charge on any atom is -0.497 e. The van der Waals surface area contributed by atoms with Crippen molar-refractivity contribution in [3.63, 3.8) is 0 Å². The molecule has 0 saturated carbocycles. The quantitative estimate of drug-likeness (QED) is 0.792. The number of ether oxygens (including phenoxy) is 2. The minimum atomic E-state index is 0.334. The van der Waals surface area contributed by atoms with Crippen LogP contribution in [0.1, 0.15) is 11.6 Å². The van der Waals surface area contributed by atoms with Crippen molar-refractivity contribution in [3.8, 4) is 11.5 Å². The summed E-state index contributed by atoms with van der Waals surface area (Å²) in [5.41, 5.74) is 0.855. The van der Waals surface area contributed by atoms with Crippen LogP contribution in [0.3, 0.4) is 0 Å². The zero-order chi connectivity index (χ0) is 11.4. The van der Waals surface area contributed by atoms with E-state index in [4.69, 9.17) is 13.9 Å². The molecule has 2 aromatic rings. The fraction of sp³-hybridized carbons (Fsp3) is 0.250. The highest BCUT2D eigenvalue weighted by Gasteiger charge is 2.01. The smallest absolute Gasteiger partial charge is 0.232 e. The number of nitrogens with zero attached hydrogens (tertiary/aromatic N) is 1. The molecule has 0 aliphatic heterocycles. The van der Waals surface area contributed by atoms with Crippen LogP contribution in [-0.4, -0.2) is 12.1 Å². The molecule has 1 heterocycles. The molecule has 0 spiro atoms. The number of hydrogen-bond donors (Lipinski definition) is 0. The van der Waals surface area contributed by atoms with E-state index in [-0.39, 0.29) is 0 Å². The van der Waals surface area contributed by atoms with Crippen LogP contribution in [0.15, 0.2) is 34.9 Å². The molecule has 16 heavy (non-hydrogen) atoms. The van der Waals surface area contributed by atoms with Gasteiger partial charge in [-0.2, -0.15) is 0 Å². The molecule has 0 fully saturated rings. The second-order valence-electron chi connectivity index (χ2n) is 3.35. The zero-order valence-corrected chi connectivity index (χ0v) is 9.27. The maximum Gasteiger partial charge on any atom is 0.232 e. The van der Waals surface area contributed by atoms with Crippen LogP contribution in [-0.2, 0) is 6.61 Å². The fourth-order valence-corrected chi connectivity index (χ4v) is 1.29. The maximum absolute atomic E-state index is 5.49. The Morgan fingerprint density at radius 3 is 2.44 bits per heavy atom. The molecule has 0 unspecified atom stereocenters. The highest BCUT2D eigenvalue weighted by atomic mass is 16.5. The lowest BCUT2D eigenvalue weighted by atomic mass is 10.3. The monoisotopic (exact) mass is 219 g/mol. The first-order valence-corrected chi connectivity index (χ1v) is 4.96. The number of aromatic nitrogens is 1. The highest BCUT2D eigenvalue weighted by Crippen LogP contribution is 2.18. The minimum absolute atomic E-state index is 0.334. The van der Waals surface area contributed by atoms with Crippen LogP contribution in [0, 0.1) is 6.92 Å². The average molecular weight is 219 g/mol. The van der Waals surface area contributed by atoms with Gasteiger partial charge in [0.2, 0.25) is 5.89 Å². The van der Waals surface area contributed by atoms with E-state index in [0.29, 0.717) is 12.5 Å². The zero-order valence-electron chi connectivity index (χ0n) is 9.27. The van der Waals surface area contributed by atoms with Crippen LogP contribution in [0.2, 0.25) is 0 Å².